The quantitative estimate of drug-likeness (QED) is 0.786. The van der Waals surface area contributed by atoms with Crippen molar-refractivity contribution in [3.05, 3.63) is 54.1 Å². The maximum Gasteiger partial charge on any atom is 0.254 e. The molecule has 0 saturated heterocycles. The van der Waals surface area contributed by atoms with Crippen LogP contribution in [0.15, 0.2) is 48.5 Å². The van der Waals surface area contributed by atoms with E-state index in [0.29, 0.717) is 29.2 Å². The predicted molar refractivity (Wildman–Crippen MR) is 104 cm³/mol. The third kappa shape index (κ3) is 5.57. The van der Waals surface area contributed by atoms with Gasteiger partial charge in [-0.25, -0.2) is 0 Å². The van der Waals surface area contributed by atoms with Gasteiger partial charge in [-0.2, -0.15) is 0 Å². The van der Waals surface area contributed by atoms with E-state index in [1.165, 1.54) is 18.9 Å². The number of ether oxygens (including phenoxy) is 1. The van der Waals surface area contributed by atoms with Crippen LogP contribution in [-0.2, 0) is 9.59 Å². The van der Waals surface area contributed by atoms with E-state index >= 15 is 0 Å². The summed E-state index contributed by atoms with van der Waals surface area (Å²) in [4.78, 5) is 37.5. The largest absolute Gasteiger partial charge is 0.495 e. The number of amides is 3. The fourth-order valence-corrected chi connectivity index (χ4v) is 2.52. The van der Waals surface area contributed by atoms with Gasteiger partial charge in [-0.1, -0.05) is 12.1 Å². The molecule has 7 nitrogen and oxygen atoms in total. The molecule has 0 unspecified atom stereocenters. The number of benzene rings is 2. The minimum atomic E-state index is -0.315. The maximum absolute atomic E-state index is 12.7. The SMILES string of the molecule is CCN(CC(=O)Nc1ccccc1OC)C(=O)c1ccc(NC(C)=O)cc1. The van der Waals surface area contributed by atoms with E-state index in [1.807, 2.05) is 0 Å². The molecule has 0 aliphatic carbocycles. The number of anilines is 2. The maximum atomic E-state index is 12.7. The van der Waals surface area contributed by atoms with Crippen molar-refractivity contribution >= 4 is 29.1 Å². The minimum Gasteiger partial charge on any atom is -0.495 e. The first-order chi connectivity index (χ1) is 12.9. The highest BCUT2D eigenvalue weighted by atomic mass is 16.5. The third-order valence-electron chi connectivity index (χ3n) is 3.84. The molecule has 0 saturated carbocycles. The van der Waals surface area contributed by atoms with Crippen LogP contribution >= 0.6 is 0 Å². The Morgan fingerprint density at radius 2 is 1.67 bits per heavy atom. The van der Waals surface area contributed by atoms with Crippen molar-refractivity contribution in [1.29, 1.82) is 0 Å². The number of hydrogen-bond acceptors (Lipinski definition) is 4. The Bertz CT molecular complexity index is 818. The van der Waals surface area contributed by atoms with Crippen LogP contribution < -0.4 is 15.4 Å². The lowest BCUT2D eigenvalue weighted by atomic mass is 10.1. The van der Waals surface area contributed by atoms with Crippen LogP contribution in [0.1, 0.15) is 24.2 Å². The van der Waals surface area contributed by atoms with Crippen molar-refractivity contribution in [2.75, 3.05) is 30.8 Å². The summed E-state index contributed by atoms with van der Waals surface area (Å²) in [5.41, 5.74) is 1.60. The summed E-state index contributed by atoms with van der Waals surface area (Å²) in [5, 5.41) is 5.40. The van der Waals surface area contributed by atoms with Crippen LogP contribution in [0.5, 0.6) is 5.75 Å². The standard InChI is InChI=1S/C20H23N3O4/c1-4-23(13-19(25)22-17-7-5-6-8-18(17)27-3)20(26)15-9-11-16(12-10-15)21-14(2)24/h5-12H,4,13H2,1-3H3,(H,21,24)(H,22,25). The van der Waals surface area contributed by atoms with Crippen LogP contribution in [0, 0.1) is 0 Å². The molecule has 0 spiro atoms. The molecular formula is C20H23N3O4. The first-order valence-corrected chi connectivity index (χ1v) is 8.54. The molecule has 0 aliphatic heterocycles. The van der Waals surface area contributed by atoms with Crippen LogP contribution in [0.25, 0.3) is 0 Å². The number of nitrogens with zero attached hydrogens (tertiary/aromatic N) is 1. The number of carbonyl (C=O) groups is 3. The van der Waals surface area contributed by atoms with Gasteiger partial charge >= 0.3 is 0 Å². The highest BCUT2D eigenvalue weighted by Crippen LogP contribution is 2.23. The minimum absolute atomic E-state index is 0.0825. The zero-order valence-corrected chi connectivity index (χ0v) is 15.6. The number of nitrogens with one attached hydrogen (secondary N) is 2. The molecule has 0 aliphatic rings. The van der Waals surface area contributed by atoms with E-state index in [9.17, 15) is 14.4 Å². The lowest BCUT2D eigenvalue weighted by molar-refractivity contribution is -0.117. The summed E-state index contributed by atoms with van der Waals surface area (Å²) >= 11 is 0. The molecule has 27 heavy (non-hydrogen) atoms. The molecule has 3 amide bonds. The van der Waals surface area contributed by atoms with Gasteiger partial charge in [-0.15, -0.1) is 0 Å². The average Bonchev–Trinajstić information content (AvgIpc) is 2.66. The monoisotopic (exact) mass is 369 g/mol. The summed E-state index contributed by atoms with van der Waals surface area (Å²) < 4.78 is 5.21. The molecule has 2 N–H and O–H groups in total. The van der Waals surface area contributed by atoms with Gasteiger partial charge in [0.2, 0.25) is 11.8 Å². The summed E-state index contributed by atoms with van der Waals surface area (Å²) in [6.45, 7) is 3.52. The number of methoxy groups -OCH3 is 1. The summed E-state index contributed by atoms with van der Waals surface area (Å²) in [6, 6.07) is 13.6. The molecule has 0 heterocycles. The Labute approximate surface area is 158 Å². The summed E-state index contributed by atoms with van der Waals surface area (Å²) in [6.07, 6.45) is 0. The second-order valence-corrected chi connectivity index (χ2v) is 5.83. The van der Waals surface area contributed by atoms with E-state index in [2.05, 4.69) is 10.6 Å². The van der Waals surface area contributed by atoms with Gasteiger partial charge in [-0.05, 0) is 43.3 Å². The molecule has 0 aromatic heterocycles. The van der Waals surface area contributed by atoms with E-state index in [1.54, 1.807) is 55.5 Å². The van der Waals surface area contributed by atoms with Gasteiger partial charge in [0, 0.05) is 24.7 Å². The van der Waals surface area contributed by atoms with Crippen molar-refractivity contribution in [3.63, 3.8) is 0 Å². The lowest BCUT2D eigenvalue weighted by Gasteiger charge is -2.21. The van der Waals surface area contributed by atoms with E-state index < -0.39 is 0 Å². The van der Waals surface area contributed by atoms with E-state index in [-0.39, 0.29) is 24.3 Å². The Hall–Kier alpha value is -3.35. The third-order valence-corrected chi connectivity index (χ3v) is 3.84. The second-order valence-electron chi connectivity index (χ2n) is 5.83. The van der Waals surface area contributed by atoms with Gasteiger partial charge in [0.1, 0.15) is 12.3 Å². The van der Waals surface area contributed by atoms with Gasteiger partial charge in [-0.3, -0.25) is 14.4 Å². The van der Waals surface area contributed by atoms with Crippen molar-refractivity contribution < 1.29 is 19.1 Å². The lowest BCUT2D eigenvalue weighted by Crippen LogP contribution is -2.37. The van der Waals surface area contributed by atoms with Crippen LogP contribution in [0.4, 0.5) is 11.4 Å². The first-order valence-electron chi connectivity index (χ1n) is 8.54. The molecule has 0 fully saturated rings. The highest BCUT2D eigenvalue weighted by molar-refractivity contribution is 6.00. The van der Waals surface area contributed by atoms with Gasteiger partial charge in [0.25, 0.3) is 5.91 Å². The molecule has 142 valence electrons. The smallest absolute Gasteiger partial charge is 0.254 e. The molecule has 0 radical (unpaired) electrons. The summed E-state index contributed by atoms with van der Waals surface area (Å²) in [7, 11) is 1.53. The highest BCUT2D eigenvalue weighted by Gasteiger charge is 2.18. The molecule has 2 aromatic carbocycles. The van der Waals surface area contributed by atoms with Crippen LogP contribution in [-0.4, -0.2) is 42.8 Å². The van der Waals surface area contributed by atoms with Crippen molar-refractivity contribution in [1.82, 2.24) is 4.90 Å². The first kappa shape index (κ1) is 20.0. The Balaban J connectivity index is 2.04. The van der Waals surface area contributed by atoms with Gasteiger partial charge in [0.05, 0.1) is 12.8 Å². The van der Waals surface area contributed by atoms with Crippen molar-refractivity contribution in [2.24, 2.45) is 0 Å². The molecule has 0 atom stereocenters. The summed E-state index contributed by atoms with van der Waals surface area (Å²) in [5.74, 6) is -0.210. The van der Waals surface area contributed by atoms with E-state index in [4.69, 9.17) is 4.74 Å². The fourth-order valence-electron chi connectivity index (χ4n) is 2.52. The normalized spacial score (nSPS) is 10.0. The number of likely N-dealkylation sites (N-methyl/N-ethyl adjacent to an activating group) is 1. The average molecular weight is 369 g/mol. The predicted octanol–water partition coefficient (Wildman–Crippen LogP) is 2.75. The zero-order valence-electron chi connectivity index (χ0n) is 15.6. The number of hydrogen-bond donors (Lipinski definition) is 2. The molecular weight excluding hydrogens is 346 g/mol. The van der Waals surface area contributed by atoms with Gasteiger partial charge in [0.15, 0.2) is 0 Å². The molecule has 2 rings (SSSR count). The fraction of sp³-hybridized carbons (Fsp3) is 0.250. The van der Waals surface area contributed by atoms with Crippen LogP contribution in [0.3, 0.4) is 0 Å². The van der Waals surface area contributed by atoms with Crippen molar-refractivity contribution in [2.45, 2.75) is 13.8 Å². The van der Waals surface area contributed by atoms with Gasteiger partial charge < -0.3 is 20.3 Å². The zero-order chi connectivity index (χ0) is 19.8. The number of carbonyl (C=O) groups excluding carboxylic acids is 3. The van der Waals surface area contributed by atoms with Crippen molar-refractivity contribution in [3.8, 4) is 5.75 Å². The molecule has 7 heteroatoms. The van der Waals surface area contributed by atoms with E-state index in [0.717, 1.165) is 0 Å². The Morgan fingerprint density at radius 3 is 2.26 bits per heavy atom. The topological polar surface area (TPSA) is 87.7 Å². The second kappa shape index (κ2) is 9.38. The number of rotatable bonds is 7. The Morgan fingerprint density at radius 1 is 1.00 bits per heavy atom. The Kier molecular flexibility index (Phi) is 6.93. The molecule has 2 aromatic rings. The van der Waals surface area contributed by atoms with Crippen LogP contribution in [0.2, 0.25) is 0 Å². The molecule has 0 bridgehead atoms. The number of para-hydroxylation sites is 2.